The second-order valence-electron chi connectivity index (χ2n) is 6.86. The highest BCUT2D eigenvalue weighted by Crippen LogP contribution is 2.15. The molecule has 7 nitrogen and oxygen atoms in total. The molecule has 0 unspecified atom stereocenters. The number of anilines is 1. The Morgan fingerprint density at radius 3 is 2.26 bits per heavy atom. The van der Waals surface area contributed by atoms with E-state index in [1.54, 1.807) is 60.7 Å². The summed E-state index contributed by atoms with van der Waals surface area (Å²) in [5.41, 5.74) is 5.67. The average molecular weight is 415 g/mol. The predicted molar refractivity (Wildman–Crippen MR) is 118 cm³/mol. The fraction of sp³-hybridized carbons (Fsp3) is 0.0833. The van der Waals surface area contributed by atoms with Crippen LogP contribution in [0.2, 0.25) is 0 Å². The lowest BCUT2D eigenvalue weighted by Crippen LogP contribution is -2.32. The molecule has 0 fully saturated rings. The summed E-state index contributed by atoms with van der Waals surface area (Å²) in [5, 5.41) is 6.33. The smallest absolute Gasteiger partial charge is 0.343 e. The number of esters is 1. The fourth-order valence-electron chi connectivity index (χ4n) is 2.85. The molecule has 0 bridgehead atoms. The van der Waals surface area contributed by atoms with E-state index in [0.717, 1.165) is 11.1 Å². The number of hydrogen-bond acceptors (Lipinski definition) is 5. The van der Waals surface area contributed by atoms with Gasteiger partial charge in [0.1, 0.15) is 5.75 Å². The molecule has 31 heavy (non-hydrogen) atoms. The summed E-state index contributed by atoms with van der Waals surface area (Å²) in [6.07, 6.45) is 1.35. The van der Waals surface area contributed by atoms with E-state index < -0.39 is 17.8 Å². The SMILES string of the molecule is Cc1cc(C)cc(NC(=O)C(=O)N/N=C/c2cccc(OC(=O)c3ccccc3)c2)c1. The minimum atomic E-state index is -0.901. The van der Waals surface area contributed by atoms with Gasteiger partial charge in [0, 0.05) is 5.69 Å². The third-order valence-electron chi connectivity index (χ3n) is 4.14. The highest BCUT2D eigenvalue weighted by molar-refractivity contribution is 6.39. The minimum Gasteiger partial charge on any atom is -0.423 e. The van der Waals surface area contributed by atoms with Crippen LogP contribution in [0.3, 0.4) is 0 Å². The molecular formula is C24H21N3O4. The quantitative estimate of drug-likeness (QED) is 0.219. The van der Waals surface area contributed by atoms with Crippen molar-refractivity contribution in [2.45, 2.75) is 13.8 Å². The molecule has 3 rings (SSSR count). The third kappa shape index (κ3) is 6.37. The van der Waals surface area contributed by atoms with Crippen LogP contribution in [0.1, 0.15) is 27.0 Å². The van der Waals surface area contributed by atoms with Crippen molar-refractivity contribution in [3.8, 4) is 5.75 Å². The van der Waals surface area contributed by atoms with Crippen molar-refractivity contribution in [2.75, 3.05) is 5.32 Å². The summed E-state index contributed by atoms with van der Waals surface area (Å²) in [5.74, 6) is -1.88. The van der Waals surface area contributed by atoms with Crippen LogP contribution in [0, 0.1) is 13.8 Å². The van der Waals surface area contributed by atoms with E-state index in [0.29, 0.717) is 22.6 Å². The number of carbonyl (C=O) groups is 3. The van der Waals surface area contributed by atoms with Crippen LogP contribution < -0.4 is 15.5 Å². The van der Waals surface area contributed by atoms with Crippen LogP contribution in [-0.2, 0) is 9.59 Å². The molecule has 0 saturated carbocycles. The molecule has 0 heterocycles. The molecule has 3 aromatic rings. The first-order valence-electron chi connectivity index (χ1n) is 9.51. The Kier molecular flexibility index (Phi) is 6.90. The lowest BCUT2D eigenvalue weighted by molar-refractivity contribution is -0.136. The Balaban J connectivity index is 1.56. The molecule has 0 aromatic heterocycles. The zero-order valence-corrected chi connectivity index (χ0v) is 17.1. The molecule has 0 spiro atoms. The predicted octanol–water partition coefficient (Wildman–Crippen LogP) is 3.61. The van der Waals surface area contributed by atoms with E-state index in [2.05, 4.69) is 15.8 Å². The molecule has 0 radical (unpaired) electrons. The average Bonchev–Trinajstić information content (AvgIpc) is 2.74. The monoisotopic (exact) mass is 415 g/mol. The fourth-order valence-corrected chi connectivity index (χ4v) is 2.85. The first-order chi connectivity index (χ1) is 14.9. The molecule has 0 atom stereocenters. The van der Waals surface area contributed by atoms with Crippen molar-refractivity contribution in [1.82, 2.24) is 5.43 Å². The Morgan fingerprint density at radius 1 is 0.839 bits per heavy atom. The molecule has 7 heteroatoms. The number of benzene rings is 3. The highest BCUT2D eigenvalue weighted by Gasteiger charge is 2.13. The van der Waals surface area contributed by atoms with E-state index in [1.807, 2.05) is 26.0 Å². The summed E-state index contributed by atoms with van der Waals surface area (Å²) < 4.78 is 5.34. The lowest BCUT2D eigenvalue weighted by Gasteiger charge is -2.06. The van der Waals surface area contributed by atoms with Crippen molar-refractivity contribution in [2.24, 2.45) is 5.10 Å². The van der Waals surface area contributed by atoms with Crippen molar-refractivity contribution < 1.29 is 19.1 Å². The Bertz CT molecular complexity index is 1120. The second-order valence-corrected chi connectivity index (χ2v) is 6.86. The first-order valence-corrected chi connectivity index (χ1v) is 9.51. The number of ether oxygens (including phenoxy) is 1. The molecule has 2 N–H and O–H groups in total. The van der Waals surface area contributed by atoms with E-state index in [-0.39, 0.29) is 0 Å². The molecule has 2 amide bonds. The normalized spacial score (nSPS) is 10.5. The lowest BCUT2D eigenvalue weighted by atomic mass is 10.1. The number of carbonyl (C=O) groups excluding carboxylic acids is 3. The van der Waals surface area contributed by atoms with Crippen LogP contribution >= 0.6 is 0 Å². The van der Waals surface area contributed by atoms with Gasteiger partial charge < -0.3 is 10.1 Å². The number of rotatable bonds is 5. The van der Waals surface area contributed by atoms with Gasteiger partial charge in [-0.05, 0) is 66.9 Å². The molecule has 3 aromatic carbocycles. The molecule has 156 valence electrons. The van der Waals surface area contributed by atoms with Gasteiger partial charge in [0.2, 0.25) is 0 Å². The van der Waals surface area contributed by atoms with Gasteiger partial charge in [-0.2, -0.15) is 5.10 Å². The van der Waals surface area contributed by atoms with Gasteiger partial charge in [-0.15, -0.1) is 0 Å². The highest BCUT2D eigenvalue weighted by atomic mass is 16.5. The summed E-state index contributed by atoms with van der Waals surface area (Å²) in [6, 6.07) is 20.7. The van der Waals surface area contributed by atoms with Crippen LogP contribution in [0.4, 0.5) is 5.69 Å². The maximum Gasteiger partial charge on any atom is 0.343 e. The van der Waals surface area contributed by atoms with Gasteiger partial charge in [0.05, 0.1) is 11.8 Å². The first kappa shape index (κ1) is 21.4. The molecule has 0 aliphatic rings. The van der Waals surface area contributed by atoms with Gasteiger partial charge in [0.15, 0.2) is 0 Å². The zero-order valence-electron chi connectivity index (χ0n) is 17.1. The van der Waals surface area contributed by atoms with Crippen LogP contribution in [0.5, 0.6) is 5.75 Å². The van der Waals surface area contributed by atoms with Gasteiger partial charge in [-0.1, -0.05) is 36.4 Å². The van der Waals surface area contributed by atoms with E-state index in [4.69, 9.17) is 4.74 Å². The van der Waals surface area contributed by atoms with Crippen LogP contribution in [0.25, 0.3) is 0 Å². The Labute approximate surface area is 179 Å². The summed E-state index contributed by atoms with van der Waals surface area (Å²) >= 11 is 0. The largest absolute Gasteiger partial charge is 0.423 e. The summed E-state index contributed by atoms with van der Waals surface area (Å²) in [7, 11) is 0. The number of hydrazone groups is 1. The van der Waals surface area contributed by atoms with Crippen molar-refractivity contribution in [1.29, 1.82) is 0 Å². The molecular weight excluding hydrogens is 394 g/mol. The number of nitrogens with zero attached hydrogens (tertiary/aromatic N) is 1. The summed E-state index contributed by atoms with van der Waals surface area (Å²) in [4.78, 5) is 36.1. The van der Waals surface area contributed by atoms with E-state index >= 15 is 0 Å². The van der Waals surface area contributed by atoms with Crippen LogP contribution in [0.15, 0.2) is 77.9 Å². The van der Waals surface area contributed by atoms with Gasteiger partial charge in [-0.25, -0.2) is 10.2 Å². The van der Waals surface area contributed by atoms with E-state index in [1.165, 1.54) is 6.21 Å². The molecule has 0 saturated heterocycles. The van der Waals surface area contributed by atoms with Crippen molar-refractivity contribution in [3.63, 3.8) is 0 Å². The number of hydrogen-bond donors (Lipinski definition) is 2. The summed E-state index contributed by atoms with van der Waals surface area (Å²) in [6.45, 7) is 3.80. The Hall–Kier alpha value is -4.26. The Morgan fingerprint density at radius 2 is 1.55 bits per heavy atom. The maximum absolute atomic E-state index is 12.1. The van der Waals surface area contributed by atoms with Gasteiger partial charge >= 0.3 is 17.8 Å². The number of amides is 2. The third-order valence-corrected chi connectivity index (χ3v) is 4.14. The number of aryl methyl sites for hydroxylation is 2. The van der Waals surface area contributed by atoms with Gasteiger partial charge in [0.25, 0.3) is 0 Å². The van der Waals surface area contributed by atoms with Crippen molar-refractivity contribution in [3.05, 3.63) is 95.1 Å². The molecule has 0 aliphatic heterocycles. The van der Waals surface area contributed by atoms with Crippen molar-refractivity contribution >= 4 is 29.7 Å². The molecule has 0 aliphatic carbocycles. The standard InChI is InChI=1S/C24H21N3O4/c1-16-11-17(2)13-20(12-16)26-22(28)23(29)27-25-15-18-7-6-10-21(14-18)31-24(30)19-8-4-3-5-9-19/h3-15H,1-2H3,(H,26,28)(H,27,29)/b25-15+. The maximum atomic E-state index is 12.1. The van der Waals surface area contributed by atoms with Crippen LogP contribution in [-0.4, -0.2) is 24.0 Å². The second kappa shape index (κ2) is 9.98. The van der Waals surface area contributed by atoms with E-state index in [9.17, 15) is 14.4 Å². The minimum absolute atomic E-state index is 0.330. The zero-order chi connectivity index (χ0) is 22.2. The number of nitrogens with one attached hydrogen (secondary N) is 2. The van der Waals surface area contributed by atoms with Gasteiger partial charge in [-0.3, -0.25) is 9.59 Å². The topological polar surface area (TPSA) is 96.9 Å².